The van der Waals surface area contributed by atoms with Gasteiger partial charge in [0.05, 0.1) is 12.2 Å². The number of esters is 1. The van der Waals surface area contributed by atoms with Gasteiger partial charge in [0.15, 0.2) is 0 Å². The molecule has 0 saturated heterocycles. The van der Waals surface area contributed by atoms with E-state index in [-0.39, 0.29) is 5.97 Å². The van der Waals surface area contributed by atoms with Gasteiger partial charge in [-0.15, -0.1) is 0 Å². The molecule has 0 aliphatic rings. The summed E-state index contributed by atoms with van der Waals surface area (Å²) in [5, 5.41) is 1.09. The van der Waals surface area contributed by atoms with Crippen molar-refractivity contribution in [1.82, 2.24) is 4.98 Å². The number of carbonyl (C=O) groups excluding carboxylic acids is 2. The minimum atomic E-state index is -0.346. The second-order valence-electron chi connectivity index (χ2n) is 4.53. The number of hydrogen-bond acceptors (Lipinski definition) is 4. The predicted molar refractivity (Wildman–Crippen MR) is 87.4 cm³/mol. The van der Waals surface area contributed by atoms with E-state index < -0.39 is 0 Å². The number of aromatic nitrogens is 1. The van der Waals surface area contributed by atoms with Crippen molar-refractivity contribution in [3.8, 4) is 5.75 Å². The second-order valence-corrected chi connectivity index (χ2v) is 4.53. The fourth-order valence-electron chi connectivity index (χ4n) is 1.90. The molecule has 0 bridgehead atoms. The third-order valence-electron chi connectivity index (χ3n) is 2.98. The molecule has 0 aliphatic carbocycles. The van der Waals surface area contributed by atoms with Gasteiger partial charge in [0, 0.05) is 17.8 Å². The van der Waals surface area contributed by atoms with Gasteiger partial charge in [0.2, 0.25) is 0 Å². The maximum atomic E-state index is 11.9. The van der Waals surface area contributed by atoms with Crippen molar-refractivity contribution in [2.75, 3.05) is 6.61 Å². The van der Waals surface area contributed by atoms with Crippen LogP contribution in [0.4, 0.5) is 0 Å². The number of rotatable bonds is 4. The van der Waals surface area contributed by atoms with Crippen molar-refractivity contribution in [3.63, 3.8) is 0 Å². The van der Waals surface area contributed by atoms with Crippen LogP contribution in [-0.4, -0.2) is 24.0 Å². The summed E-state index contributed by atoms with van der Waals surface area (Å²) in [6.45, 7) is 2.66. The van der Waals surface area contributed by atoms with Crippen LogP contribution in [0.2, 0.25) is 0 Å². The smallest absolute Gasteiger partial charge is 0.343 e. The average Bonchev–Trinajstić information content (AvgIpc) is 3.05. The summed E-state index contributed by atoms with van der Waals surface area (Å²) in [4.78, 5) is 24.1. The molecule has 0 atom stereocenters. The first-order valence-electron chi connectivity index (χ1n) is 7.14. The fraction of sp³-hybridized carbons (Fsp3) is 0.111. The van der Waals surface area contributed by atoms with Crippen molar-refractivity contribution in [1.29, 1.82) is 0 Å². The quantitative estimate of drug-likeness (QED) is 0.454. The SMILES string of the molecule is CCOC=O.O=C(Oc1ccc2cc[nH]c2c1)c1ccccc1. The molecule has 1 heterocycles. The number of hydrogen-bond donors (Lipinski definition) is 1. The van der Waals surface area contributed by atoms with Crippen molar-refractivity contribution < 1.29 is 19.1 Å². The molecule has 1 N–H and O–H groups in total. The Morgan fingerprint density at radius 1 is 1.13 bits per heavy atom. The highest BCUT2D eigenvalue weighted by Gasteiger charge is 2.08. The van der Waals surface area contributed by atoms with E-state index >= 15 is 0 Å². The van der Waals surface area contributed by atoms with Crippen LogP contribution in [0.3, 0.4) is 0 Å². The highest BCUT2D eigenvalue weighted by molar-refractivity contribution is 5.91. The van der Waals surface area contributed by atoms with E-state index in [1.807, 2.05) is 42.6 Å². The Morgan fingerprint density at radius 3 is 2.57 bits per heavy atom. The van der Waals surface area contributed by atoms with Crippen LogP contribution >= 0.6 is 0 Å². The molecular formula is C18H17NO4. The van der Waals surface area contributed by atoms with Crippen molar-refractivity contribution in [3.05, 3.63) is 66.4 Å². The molecule has 0 amide bonds. The standard InChI is InChI=1S/C15H11NO2.C3H6O2/c17-15(12-4-2-1-3-5-12)18-13-7-6-11-8-9-16-14(11)10-13;1-2-5-3-4/h1-10,16H;3H,2H2,1H3. The third-order valence-corrected chi connectivity index (χ3v) is 2.98. The summed E-state index contributed by atoms with van der Waals surface area (Å²) >= 11 is 0. The summed E-state index contributed by atoms with van der Waals surface area (Å²) in [6, 6.07) is 16.4. The Balaban J connectivity index is 0.000000338. The van der Waals surface area contributed by atoms with Crippen molar-refractivity contribution in [2.45, 2.75) is 6.92 Å². The van der Waals surface area contributed by atoms with Crippen LogP contribution in [0.25, 0.3) is 10.9 Å². The van der Waals surface area contributed by atoms with Crippen molar-refractivity contribution >= 4 is 23.3 Å². The zero-order valence-electron chi connectivity index (χ0n) is 12.7. The number of fused-ring (bicyclic) bond motifs is 1. The first kappa shape index (κ1) is 16.3. The zero-order chi connectivity index (χ0) is 16.5. The molecule has 5 heteroatoms. The van der Waals surface area contributed by atoms with Gasteiger partial charge in [-0.1, -0.05) is 18.2 Å². The van der Waals surface area contributed by atoms with Gasteiger partial charge in [-0.3, -0.25) is 4.79 Å². The summed E-state index contributed by atoms with van der Waals surface area (Å²) in [7, 11) is 0. The van der Waals surface area contributed by atoms with Crippen molar-refractivity contribution in [2.24, 2.45) is 0 Å². The minimum absolute atomic E-state index is 0.346. The number of aromatic amines is 1. The molecule has 118 valence electrons. The van der Waals surface area contributed by atoms with E-state index in [9.17, 15) is 9.59 Å². The predicted octanol–water partition coefficient (Wildman–Crippen LogP) is 3.57. The normalized spacial score (nSPS) is 9.61. The van der Waals surface area contributed by atoms with E-state index in [2.05, 4.69) is 9.72 Å². The molecule has 3 rings (SSSR count). The molecule has 2 aromatic carbocycles. The number of ether oxygens (including phenoxy) is 2. The average molecular weight is 311 g/mol. The topological polar surface area (TPSA) is 68.4 Å². The highest BCUT2D eigenvalue weighted by atomic mass is 16.5. The maximum absolute atomic E-state index is 11.9. The van der Waals surface area contributed by atoms with Crippen LogP contribution in [0.1, 0.15) is 17.3 Å². The molecule has 0 saturated carbocycles. The first-order chi connectivity index (χ1) is 11.2. The number of H-pyrrole nitrogens is 1. The van der Waals surface area contributed by atoms with E-state index in [1.165, 1.54) is 0 Å². The van der Waals surface area contributed by atoms with Gasteiger partial charge in [0.25, 0.3) is 6.47 Å². The lowest BCUT2D eigenvalue weighted by Gasteiger charge is -2.04. The summed E-state index contributed by atoms with van der Waals surface area (Å²) in [5.41, 5.74) is 1.50. The number of nitrogens with one attached hydrogen (secondary N) is 1. The first-order valence-corrected chi connectivity index (χ1v) is 7.14. The maximum Gasteiger partial charge on any atom is 0.343 e. The molecule has 23 heavy (non-hydrogen) atoms. The van der Waals surface area contributed by atoms with Crippen LogP contribution in [0.5, 0.6) is 5.75 Å². The Bertz CT molecular complexity index is 765. The fourth-order valence-corrected chi connectivity index (χ4v) is 1.90. The Hall–Kier alpha value is -3.08. The molecule has 1 aromatic heterocycles. The van der Waals surface area contributed by atoms with Crippen LogP contribution in [0, 0.1) is 0 Å². The molecule has 0 unspecified atom stereocenters. The van der Waals surface area contributed by atoms with Gasteiger partial charge in [-0.2, -0.15) is 0 Å². The second kappa shape index (κ2) is 8.38. The molecular weight excluding hydrogens is 294 g/mol. The van der Waals surface area contributed by atoms with E-state index in [0.29, 0.717) is 24.4 Å². The van der Waals surface area contributed by atoms with E-state index in [0.717, 1.165) is 10.9 Å². The van der Waals surface area contributed by atoms with Crippen LogP contribution in [0.15, 0.2) is 60.8 Å². The van der Waals surface area contributed by atoms with Crippen LogP contribution < -0.4 is 4.74 Å². The monoisotopic (exact) mass is 311 g/mol. The molecule has 3 aromatic rings. The molecule has 5 nitrogen and oxygen atoms in total. The molecule has 0 aliphatic heterocycles. The van der Waals surface area contributed by atoms with Gasteiger partial charge in [-0.25, -0.2) is 4.79 Å². The summed E-state index contributed by atoms with van der Waals surface area (Å²) in [5.74, 6) is 0.195. The lowest BCUT2D eigenvalue weighted by molar-refractivity contribution is -0.128. The Morgan fingerprint density at radius 2 is 1.91 bits per heavy atom. The number of carbonyl (C=O) groups is 2. The third kappa shape index (κ3) is 4.71. The van der Waals surface area contributed by atoms with Gasteiger partial charge in [0.1, 0.15) is 5.75 Å². The Kier molecular flexibility index (Phi) is 5.94. The van der Waals surface area contributed by atoms with Crippen LogP contribution in [-0.2, 0) is 9.53 Å². The minimum Gasteiger partial charge on any atom is -0.468 e. The molecule has 0 radical (unpaired) electrons. The zero-order valence-corrected chi connectivity index (χ0v) is 12.7. The summed E-state index contributed by atoms with van der Waals surface area (Å²) in [6.07, 6.45) is 1.85. The lowest BCUT2D eigenvalue weighted by atomic mass is 10.2. The van der Waals surface area contributed by atoms with E-state index in [4.69, 9.17) is 4.74 Å². The van der Waals surface area contributed by atoms with Gasteiger partial charge < -0.3 is 14.5 Å². The number of benzene rings is 2. The molecule has 0 spiro atoms. The Labute approximate surface area is 133 Å². The van der Waals surface area contributed by atoms with Gasteiger partial charge >= 0.3 is 5.97 Å². The van der Waals surface area contributed by atoms with Gasteiger partial charge in [-0.05, 0) is 42.6 Å². The molecule has 0 fully saturated rings. The summed E-state index contributed by atoms with van der Waals surface area (Å²) < 4.78 is 9.47. The largest absolute Gasteiger partial charge is 0.468 e. The highest BCUT2D eigenvalue weighted by Crippen LogP contribution is 2.20. The van der Waals surface area contributed by atoms with E-state index in [1.54, 1.807) is 25.1 Å². The lowest BCUT2D eigenvalue weighted by Crippen LogP contribution is -2.07.